The second-order valence-electron chi connectivity index (χ2n) is 7.02. The standard InChI is InChI=1S/C25H20N2O4S/c1-29-21-12-6-7-13-22(21)31-15-14-30-20-11-5-2-8-17(20)16-23-24(28)27-19-10-4-3-9-18(19)26-25(27)32-23/h2-13,16H,14-15H2,1H3. The van der Waals surface area contributed by atoms with Crippen molar-refractivity contribution < 1.29 is 14.2 Å². The Morgan fingerprint density at radius 1 is 0.875 bits per heavy atom. The minimum atomic E-state index is -0.0759. The zero-order valence-corrected chi connectivity index (χ0v) is 18.2. The number of thiazole rings is 1. The van der Waals surface area contributed by atoms with Gasteiger partial charge in [-0.15, -0.1) is 0 Å². The number of hydrogen-bond donors (Lipinski definition) is 0. The number of para-hydroxylation sites is 5. The van der Waals surface area contributed by atoms with Gasteiger partial charge in [-0.05, 0) is 36.4 Å². The van der Waals surface area contributed by atoms with Crippen molar-refractivity contribution in [3.63, 3.8) is 0 Å². The highest BCUT2D eigenvalue weighted by atomic mass is 32.1. The van der Waals surface area contributed by atoms with Gasteiger partial charge in [0, 0.05) is 5.56 Å². The quantitative estimate of drug-likeness (QED) is 0.356. The molecule has 5 rings (SSSR count). The van der Waals surface area contributed by atoms with Crippen LogP contribution in [0.25, 0.3) is 22.1 Å². The fourth-order valence-electron chi connectivity index (χ4n) is 3.53. The highest BCUT2D eigenvalue weighted by Crippen LogP contribution is 2.26. The molecule has 0 saturated carbocycles. The van der Waals surface area contributed by atoms with Crippen molar-refractivity contribution in [1.82, 2.24) is 9.38 Å². The van der Waals surface area contributed by atoms with E-state index in [1.165, 1.54) is 11.3 Å². The van der Waals surface area contributed by atoms with Crippen LogP contribution < -0.4 is 24.3 Å². The molecule has 2 aromatic heterocycles. The summed E-state index contributed by atoms with van der Waals surface area (Å²) >= 11 is 1.37. The fraction of sp³-hybridized carbons (Fsp3) is 0.120. The van der Waals surface area contributed by atoms with Crippen LogP contribution in [0.3, 0.4) is 0 Å². The third kappa shape index (κ3) is 3.78. The SMILES string of the molecule is COc1ccccc1OCCOc1ccccc1C=c1sc2nc3ccccc3n2c1=O. The number of benzene rings is 3. The van der Waals surface area contributed by atoms with E-state index < -0.39 is 0 Å². The second-order valence-corrected chi connectivity index (χ2v) is 8.03. The lowest BCUT2D eigenvalue weighted by Crippen LogP contribution is -2.22. The number of nitrogens with zero attached hydrogens (tertiary/aromatic N) is 2. The zero-order chi connectivity index (χ0) is 21.9. The Labute approximate surface area is 187 Å². The fourth-order valence-corrected chi connectivity index (χ4v) is 4.50. The van der Waals surface area contributed by atoms with Crippen LogP contribution in [0.2, 0.25) is 0 Å². The van der Waals surface area contributed by atoms with Crippen LogP contribution in [0.5, 0.6) is 17.2 Å². The normalized spacial score (nSPS) is 11.8. The first kappa shape index (κ1) is 20.1. The summed E-state index contributed by atoms with van der Waals surface area (Å²) in [5.74, 6) is 2.04. The molecule has 0 N–H and O–H groups in total. The van der Waals surface area contributed by atoms with E-state index in [4.69, 9.17) is 14.2 Å². The van der Waals surface area contributed by atoms with Gasteiger partial charge < -0.3 is 14.2 Å². The van der Waals surface area contributed by atoms with E-state index in [-0.39, 0.29) is 5.56 Å². The second kappa shape index (κ2) is 8.72. The number of ether oxygens (including phenoxy) is 3. The van der Waals surface area contributed by atoms with E-state index in [9.17, 15) is 4.79 Å². The Balaban J connectivity index is 1.37. The Bertz CT molecular complexity index is 1510. The van der Waals surface area contributed by atoms with Gasteiger partial charge in [0.15, 0.2) is 16.5 Å². The molecule has 0 aliphatic rings. The van der Waals surface area contributed by atoms with Gasteiger partial charge in [0.1, 0.15) is 19.0 Å². The molecule has 0 radical (unpaired) electrons. The van der Waals surface area contributed by atoms with Crippen molar-refractivity contribution in [3.05, 3.63) is 93.2 Å². The van der Waals surface area contributed by atoms with Crippen LogP contribution in [-0.4, -0.2) is 29.7 Å². The molecule has 0 bridgehead atoms. The van der Waals surface area contributed by atoms with E-state index in [2.05, 4.69) is 4.98 Å². The lowest BCUT2D eigenvalue weighted by Gasteiger charge is -2.12. The number of methoxy groups -OCH3 is 1. The number of aromatic nitrogens is 2. The molecular formula is C25H20N2O4S. The Hall–Kier alpha value is -3.84. The number of rotatable bonds is 7. The summed E-state index contributed by atoms with van der Waals surface area (Å²) in [5.41, 5.74) is 2.39. The van der Waals surface area contributed by atoms with Crippen LogP contribution in [0.15, 0.2) is 77.6 Å². The van der Waals surface area contributed by atoms with Gasteiger partial charge in [-0.3, -0.25) is 4.79 Å². The Morgan fingerprint density at radius 3 is 2.34 bits per heavy atom. The van der Waals surface area contributed by atoms with Crippen LogP contribution in [0, 0.1) is 0 Å². The third-order valence-electron chi connectivity index (χ3n) is 5.02. The summed E-state index contributed by atoms with van der Waals surface area (Å²) in [6.07, 6.45) is 1.85. The molecule has 0 spiro atoms. The maximum Gasteiger partial charge on any atom is 0.274 e. The first-order valence-corrected chi connectivity index (χ1v) is 11.0. The molecule has 0 amide bonds. The predicted molar refractivity (Wildman–Crippen MR) is 126 cm³/mol. The van der Waals surface area contributed by atoms with E-state index in [1.807, 2.05) is 78.9 Å². The summed E-state index contributed by atoms with van der Waals surface area (Å²) in [7, 11) is 1.61. The average molecular weight is 445 g/mol. The lowest BCUT2D eigenvalue weighted by molar-refractivity contribution is 0.211. The molecule has 3 aromatic carbocycles. The van der Waals surface area contributed by atoms with Crippen molar-refractivity contribution in [1.29, 1.82) is 0 Å². The first-order chi connectivity index (χ1) is 15.7. The first-order valence-electron chi connectivity index (χ1n) is 10.1. The summed E-state index contributed by atoms with van der Waals surface area (Å²) in [5, 5.41) is 0. The Morgan fingerprint density at radius 2 is 1.53 bits per heavy atom. The van der Waals surface area contributed by atoms with Gasteiger partial charge in [0.2, 0.25) is 0 Å². The van der Waals surface area contributed by atoms with E-state index in [1.54, 1.807) is 11.5 Å². The molecule has 0 unspecified atom stereocenters. The van der Waals surface area contributed by atoms with Crippen LogP contribution in [0.1, 0.15) is 5.56 Å². The number of imidazole rings is 1. The van der Waals surface area contributed by atoms with Gasteiger partial charge in [-0.2, -0.15) is 0 Å². The van der Waals surface area contributed by atoms with Gasteiger partial charge in [0.25, 0.3) is 5.56 Å². The number of hydrogen-bond acceptors (Lipinski definition) is 6. The maximum atomic E-state index is 13.0. The molecular weight excluding hydrogens is 424 g/mol. The van der Waals surface area contributed by atoms with Crippen molar-refractivity contribution in [2.24, 2.45) is 0 Å². The average Bonchev–Trinajstić information content (AvgIpc) is 3.34. The molecule has 6 nitrogen and oxygen atoms in total. The molecule has 0 aliphatic carbocycles. The molecule has 160 valence electrons. The zero-order valence-electron chi connectivity index (χ0n) is 17.4. The molecule has 5 aromatic rings. The predicted octanol–water partition coefficient (Wildman–Crippen LogP) is 3.92. The molecule has 0 saturated heterocycles. The smallest absolute Gasteiger partial charge is 0.274 e. The summed E-state index contributed by atoms with van der Waals surface area (Å²) < 4.78 is 19.3. The molecule has 32 heavy (non-hydrogen) atoms. The van der Waals surface area contributed by atoms with Crippen LogP contribution >= 0.6 is 11.3 Å². The maximum absolute atomic E-state index is 13.0. The van der Waals surface area contributed by atoms with Gasteiger partial charge in [0.05, 0.1) is 22.7 Å². The molecule has 0 atom stereocenters. The van der Waals surface area contributed by atoms with Crippen LogP contribution in [-0.2, 0) is 0 Å². The summed E-state index contributed by atoms with van der Waals surface area (Å²) in [6.45, 7) is 0.714. The summed E-state index contributed by atoms with van der Waals surface area (Å²) in [6, 6.07) is 22.8. The Kier molecular flexibility index (Phi) is 5.47. The molecule has 7 heteroatoms. The number of fused-ring (bicyclic) bond motifs is 3. The van der Waals surface area contributed by atoms with Crippen molar-refractivity contribution in [3.8, 4) is 17.2 Å². The van der Waals surface area contributed by atoms with Gasteiger partial charge in [-0.25, -0.2) is 9.38 Å². The minimum absolute atomic E-state index is 0.0759. The monoisotopic (exact) mass is 444 g/mol. The minimum Gasteiger partial charge on any atom is -0.493 e. The van der Waals surface area contributed by atoms with E-state index >= 15 is 0 Å². The lowest BCUT2D eigenvalue weighted by atomic mass is 10.2. The van der Waals surface area contributed by atoms with Crippen molar-refractivity contribution >= 4 is 33.4 Å². The van der Waals surface area contributed by atoms with Gasteiger partial charge >= 0.3 is 0 Å². The highest BCUT2D eigenvalue weighted by Gasteiger charge is 2.11. The highest BCUT2D eigenvalue weighted by molar-refractivity contribution is 7.15. The third-order valence-corrected chi connectivity index (χ3v) is 5.99. The van der Waals surface area contributed by atoms with Crippen molar-refractivity contribution in [2.75, 3.05) is 20.3 Å². The summed E-state index contributed by atoms with van der Waals surface area (Å²) in [4.78, 5) is 18.3. The largest absolute Gasteiger partial charge is 0.493 e. The topological polar surface area (TPSA) is 62.1 Å². The van der Waals surface area contributed by atoms with E-state index in [0.29, 0.717) is 40.0 Å². The van der Waals surface area contributed by atoms with Crippen LogP contribution in [0.4, 0.5) is 0 Å². The molecule has 2 heterocycles. The van der Waals surface area contributed by atoms with E-state index in [0.717, 1.165) is 16.6 Å². The van der Waals surface area contributed by atoms with Crippen molar-refractivity contribution in [2.45, 2.75) is 0 Å². The molecule has 0 fully saturated rings. The molecule has 0 aliphatic heterocycles. The van der Waals surface area contributed by atoms with Gasteiger partial charge in [-0.1, -0.05) is 53.8 Å².